The minimum atomic E-state index is -3.69. The molecule has 0 unspecified atom stereocenters. The summed E-state index contributed by atoms with van der Waals surface area (Å²) in [5.74, 6) is -0.507. The quantitative estimate of drug-likeness (QED) is 0.631. The van der Waals surface area contributed by atoms with Gasteiger partial charge in [0.2, 0.25) is 10.0 Å². The Morgan fingerprint density at radius 2 is 1.70 bits per heavy atom. The highest BCUT2D eigenvalue weighted by molar-refractivity contribution is 7.89. The summed E-state index contributed by atoms with van der Waals surface area (Å²) in [4.78, 5) is 12.2. The van der Waals surface area contributed by atoms with Gasteiger partial charge in [0.05, 0.1) is 11.5 Å². The zero-order valence-corrected chi connectivity index (χ0v) is 15.1. The molecule has 27 heavy (non-hydrogen) atoms. The van der Waals surface area contributed by atoms with Gasteiger partial charge in [-0.05, 0) is 48.5 Å². The molecule has 2 rings (SSSR count). The predicted octanol–water partition coefficient (Wildman–Crippen LogP) is 2.46. The van der Waals surface area contributed by atoms with Crippen molar-refractivity contribution >= 4 is 21.6 Å². The molecule has 0 fully saturated rings. The molecule has 1 amide bonds. The lowest BCUT2D eigenvalue weighted by atomic mass is 10.2. The van der Waals surface area contributed by atoms with Gasteiger partial charge in [-0.3, -0.25) is 4.79 Å². The van der Waals surface area contributed by atoms with Crippen molar-refractivity contribution < 1.29 is 31.5 Å². The minimum absolute atomic E-state index is 0.0173. The van der Waals surface area contributed by atoms with E-state index in [-0.39, 0.29) is 29.4 Å². The molecule has 2 N–H and O–H groups in total. The third-order valence-electron chi connectivity index (χ3n) is 3.36. The van der Waals surface area contributed by atoms with Gasteiger partial charge < -0.3 is 14.8 Å². The standard InChI is InChI=1S/C17H18F2N2O5S/c1-25-11-10-20-27(23,24)15-8-2-12(3-9-15)16(22)21-13-4-6-14(7-5-13)26-17(18)19/h2-9,17,20H,10-11H2,1H3,(H,21,22). The molecular formula is C17H18F2N2O5S. The number of methoxy groups -OCH3 is 1. The Balaban J connectivity index is 2.01. The number of sulfonamides is 1. The third-order valence-corrected chi connectivity index (χ3v) is 4.84. The number of halogens is 2. The number of ether oxygens (including phenoxy) is 2. The van der Waals surface area contributed by atoms with Crippen molar-refractivity contribution in [3.05, 3.63) is 54.1 Å². The first-order valence-corrected chi connectivity index (χ1v) is 9.25. The molecule has 0 aliphatic heterocycles. The smallest absolute Gasteiger partial charge is 0.387 e. The summed E-state index contributed by atoms with van der Waals surface area (Å²) in [7, 11) is -2.23. The SMILES string of the molecule is COCCNS(=O)(=O)c1ccc(C(=O)Nc2ccc(OC(F)F)cc2)cc1. The molecule has 2 aromatic carbocycles. The van der Waals surface area contributed by atoms with Crippen LogP contribution in [0.4, 0.5) is 14.5 Å². The van der Waals surface area contributed by atoms with E-state index in [0.29, 0.717) is 5.69 Å². The van der Waals surface area contributed by atoms with E-state index in [0.717, 1.165) is 0 Å². The zero-order chi connectivity index (χ0) is 19.9. The Morgan fingerprint density at radius 1 is 1.07 bits per heavy atom. The highest BCUT2D eigenvalue weighted by Crippen LogP contribution is 2.18. The van der Waals surface area contributed by atoms with E-state index >= 15 is 0 Å². The van der Waals surface area contributed by atoms with Crippen molar-refractivity contribution in [1.29, 1.82) is 0 Å². The van der Waals surface area contributed by atoms with E-state index in [2.05, 4.69) is 14.8 Å². The van der Waals surface area contributed by atoms with Crippen LogP contribution in [0.1, 0.15) is 10.4 Å². The van der Waals surface area contributed by atoms with Crippen LogP contribution in [0.25, 0.3) is 0 Å². The van der Waals surface area contributed by atoms with Gasteiger partial charge in [0.15, 0.2) is 0 Å². The second-order valence-corrected chi connectivity index (χ2v) is 7.04. The summed E-state index contributed by atoms with van der Waals surface area (Å²) >= 11 is 0. The topological polar surface area (TPSA) is 93.7 Å². The van der Waals surface area contributed by atoms with E-state index in [4.69, 9.17) is 4.74 Å². The fraction of sp³-hybridized carbons (Fsp3) is 0.235. The molecule has 146 valence electrons. The van der Waals surface area contributed by atoms with Crippen LogP contribution in [0.5, 0.6) is 5.75 Å². The Morgan fingerprint density at radius 3 is 2.26 bits per heavy atom. The molecule has 0 aliphatic rings. The van der Waals surface area contributed by atoms with Crippen LogP contribution in [0.2, 0.25) is 0 Å². The lowest BCUT2D eigenvalue weighted by molar-refractivity contribution is -0.0498. The number of carbonyl (C=O) groups excluding carboxylic acids is 1. The van der Waals surface area contributed by atoms with Gasteiger partial charge in [-0.15, -0.1) is 0 Å². The first kappa shape index (κ1) is 20.7. The number of hydrogen-bond acceptors (Lipinski definition) is 5. The largest absolute Gasteiger partial charge is 0.435 e. The van der Waals surface area contributed by atoms with Crippen LogP contribution >= 0.6 is 0 Å². The van der Waals surface area contributed by atoms with Crippen LogP contribution in [0.15, 0.2) is 53.4 Å². The summed E-state index contributed by atoms with van der Waals surface area (Å²) in [6.45, 7) is -2.56. The lowest BCUT2D eigenvalue weighted by Crippen LogP contribution is -2.27. The second kappa shape index (κ2) is 9.40. The third kappa shape index (κ3) is 6.27. The first-order valence-electron chi connectivity index (χ1n) is 7.77. The molecule has 0 bridgehead atoms. The number of carbonyl (C=O) groups is 1. The Hall–Kier alpha value is -2.56. The average Bonchev–Trinajstić information content (AvgIpc) is 2.63. The fourth-order valence-corrected chi connectivity index (χ4v) is 3.08. The maximum atomic E-state index is 12.2. The lowest BCUT2D eigenvalue weighted by Gasteiger charge is -2.09. The molecule has 0 aromatic heterocycles. The number of benzene rings is 2. The van der Waals surface area contributed by atoms with Crippen molar-refractivity contribution in [1.82, 2.24) is 4.72 Å². The Kier molecular flexibility index (Phi) is 7.22. The molecule has 0 aliphatic carbocycles. The summed E-state index contributed by atoms with van der Waals surface area (Å²) in [6, 6.07) is 10.8. The minimum Gasteiger partial charge on any atom is -0.435 e. The first-order chi connectivity index (χ1) is 12.8. The number of alkyl halides is 2. The fourth-order valence-electron chi connectivity index (χ4n) is 2.07. The number of anilines is 1. The Labute approximate surface area is 155 Å². The van der Waals surface area contributed by atoms with E-state index in [1.165, 1.54) is 55.6 Å². The molecule has 7 nitrogen and oxygen atoms in total. The van der Waals surface area contributed by atoms with Gasteiger partial charge in [-0.2, -0.15) is 8.78 Å². The predicted molar refractivity (Wildman–Crippen MR) is 94.5 cm³/mol. The van der Waals surface area contributed by atoms with Crippen molar-refractivity contribution in [2.45, 2.75) is 11.5 Å². The molecular weight excluding hydrogens is 382 g/mol. The molecule has 0 radical (unpaired) electrons. The van der Waals surface area contributed by atoms with E-state index in [1.54, 1.807) is 0 Å². The van der Waals surface area contributed by atoms with Crippen LogP contribution in [-0.2, 0) is 14.8 Å². The van der Waals surface area contributed by atoms with Crippen molar-refractivity contribution in [3.63, 3.8) is 0 Å². The summed E-state index contributed by atoms with van der Waals surface area (Å²) < 4.78 is 59.7. The number of amides is 1. The van der Waals surface area contributed by atoms with E-state index in [9.17, 15) is 22.0 Å². The normalized spacial score (nSPS) is 11.4. The van der Waals surface area contributed by atoms with E-state index in [1.807, 2.05) is 0 Å². The molecule has 0 heterocycles. The Bertz CT molecular complexity index is 856. The van der Waals surface area contributed by atoms with Crippen LogP contribution in [-0.4, -0.2) is 41.2 Å². The second-order valence-electron chi connectivity index (χ2n) is 5.27. The number of hydrogen-bond donors (Lipinski definition) is 2. The molecule has 10 heteroatoms. The molecule has 0 spiro atoms. The van der Waals surface area contributed by atoms with Crippen LogP contribution in [0.3, 0.4) is 0 Å². The summed E-state index contributed by atoms with van der Waals surface area (Å²) in [5, 5.41) is 2.58. The van der Waals surface area contributed by atoms with Crippen LogP contribution < -0.4 is 14.8 Å². The van der Waals surface area contributed by atoms with Gasteiger partial charge in [0, 0.05) is 24.9 Å². The highest BCUT2D eigenvalue weighted by atomic mass is 32.2. The average molecular weight is 400 g/mol. The summed E-state index contributed by atoms with van der Waals surface area (Å²) in [6.07, 6.45) is 0. The van der Waals surface area contributed by atoms with Crippen molar-refractivity contribution in [2.75, 3.05) is 25.6 Å². The van der Waals surface area contributed by atoms with Crippen molar-refractivity contribution in [2.24, 2.45) is 0 Å². The van der Waals surface area contributed by atoms with Gasteiger partial charge in [0.1, 0.15) is 5.75 Å². The monoisotopic (exact) mass is 400 g/mol. The summed E-state index contributed by atoms with van der Waals surface area (Å²) in [5.41, 5.74) is 0.610. The van der Waals surface area contributed by atoms with Gasteiger partial charge in [0.25, 0.3) is 5.91 Å². The maximum absolute atomic E-state index is 12.2. The van der Waals surface area contributed by atoms with Crippen LogP contribution in [0, 0.1) is 0 Å². The van der Waals surface area contributed by atoms with Gasteiger partial charge in [-0.1, -0.05) is 0 Å². The number of nitrogens with one attached hydrogen (secondary N) is 2. The number of rotatable bonds is 9. The van der Waals surface area contributed by atoms with Gasteiger partial charge in [-0.25, -0.2) is 13.1 Å². The molecule has 2 aromatic rings. The molecule has 0 saturated carbocycles. The molecule has 0 saturated heterocycles. The van der Waals surface area contributed by atoms with Gasteiger partial charge >= 0.3 is 6.61 Å². The van der Waals surface area contributed by atoms with E-state index < -0.39 is 22.5 Å². The zero-order valence-electron chi connectivity index (χ0n) is 14.3. The van der Waals surface area contributed by atoms with Crippen molar-refractivity contribution in [3.8, 4) is 5.75 Å². The highest BCUT2D eigenvalue weighted by Gasteiger charge is 2.14. The maximum Gasteiger partial charge on any atom is 0.387 e. The molecule has 0 atom stereocenters.